The molecule has 0 aliphatic heterocycles. The number of nitrogens with zero attached hydrogens (tertiary/aromatic N) is 1. The largest absolute Gasteiger partial charge is 0.493 e. The van der Waals surface area contributed by atoms with E-state index in [1.807, 2.05) is 25.1 Å². The van der Waals surface area contributed by atoms with Crippen molar-refractivity contribution in [3.63, 3.8) is 0 Å². The van der Waals surface area contributed by atoms with Gasteiger partial charge in [0.25, 0.3) is 5.91 Å². The van der Waals surface area contributed by atoms with Gasteiger partial charge in [-0.1, -0.05) is 12.1 Å². The van der Waals surface area contributed by atoms with Gasteiger partial charge < -0.3 is 14.5 Å². The minimum Gasteiger partial charge on any atom is -0.493 e. The first kappa shape index (κ1) is 12.7. The van der Waals surface area contributed by atoms with E-state index in [4.69, 9.17) is 9.15 Å². The summed E-state index contributed by atoms with van der Waals surface area (Å²) in [4.78, 5) is 12.1. The SMILES string of the molecule is COc1cccc2cc(C(=O)Nc3cc(C)ns3)oc12. The lowest BCUT2D eigenvalue weighted by Crippen LogP contribution is -2.09. The molecule has 3 aromatic rings. The number of carbonyl (C=O) groups excluding carboxylic acids is 1. The number of aryl methyl sites for hydroxylation is 1. The molecular formula is C14H12N2O3S. The lowest BCUT2D eigenvalue weighted by atomic mass is 10.2. The molecule has 20 heavy (non-hydrogen) atoms. The zero-order chi connectivity index (χ0) is 14.1. The van der Waals surface area contributed by atoms with Crippen LogP contribution in [0.2, 0.25) is 0 Å². The molecule has 0 saturated carbocycles. The Hall–Kier alpha value is -2.34. The van der Waals surface area contributed by atoms with Crippen molar-refractivity contribution in [1.82, 2.24) is 4.37 Å². The Morgan fingerprint density at radius 2 is 2.25 bits per heavy atom. The molecule has 1 amide bonds. The molecule has 0 aliphatic rings. The topological polar surface area (TPSA) is 64.4 Å². The van der Waals surface area contributed by atoms with Crippen LogP contribution in [0.15, 0.2) is 34.7 Å². The van der Waals surface area contributed by atoms with Crippen molar-refractivity contribution in [2.24, 2.45) is 0 Å². The van der Waals surface area contributed by atoms with Gasteiger partial charge in [0.15, 0.2) is 17.1 Å². The fraction of sp³-hybridized carbons (Fsp3) is 0.143. The van der Waals surface area contributed by atoms with Gasteiger partial charge in [0.1, 0.15) is 5.00 Å². The number of carbonyl (C=O) groups is 1. The van der Waals surface area contributed by atoms with Crippen LogP contribution in [0.5, 0.6) is 5.75 Å². The van der Waals surface area contributed by atoms with Crippen molar-refractivity contribution in [2.45, 2.75) is 6.92 Å². The zero-order valence-electron chi connectivity index (χ0n) is 11.0. The third kappa shape index (κ3) is 2.25. The van der Waals surface area contributed by atoms with E-state index in [1.54, 1.807) is 19.2 Å². The van der Waals surface area contributed by atoms with E-state index in [9.17, 15) is 4.79 Å². The van der Waals surface area contributed by atoms with Gasteiger partial charge in [0.05, 0.1) is 12.8 Å². The molecule has 0 spiro atoms. The molecule has 1 aromatic carbocycles. The average Bonchev–Trinajstić information content (AvgIpc) is 3.04. The Morgan fingerprint density at radius 3 is 2.95 bits per heavy atom. The summed E-state index contributed by atoms with van der Waals surface area (Å²) in [5, 5.41) is 4.28. The number of hydrogen-bond acceptors (Lipinski definition) is 5. The maximum atomic E-state index is 12.1. The Balaban J connectivity index is 1.92. The number of aromatic nitrogens is 1. The van der Waals surface area contributed by atoms with Crippen molar-refractivity contribution in [3.05, 3.63) is 41.8 Å². The summed E-state index contributed by atoms with van der Waals surface area (Å²) in [5.74, 6) is 0.553. The molecule has 0 unspecified atom stereocenters. The van der Waals surface area contributed by atoms with Crippen molar-refractivity contribution < 1.29 is 13.9 Å². The van der Waals surface area contributed by atoms with Crippen LogP contribution in [0.3, 0.4) is 0 Å². The number of benzene rings is 1. The molecule has 102 valence electrons. The highest BCUT2D eigenvalue weighted by atomic mass is 32.1. The van der Waals surface area contributed by atoms with E-state index in [2.05, 4.69) is 9.69 Å². The van der Waals surface area contributed by atoms with Crippen LogP contribution in [0.25, 0.3) is 11.0 Å². The first-order valence-corrected chi connectivity index (χ1v) is 6.76. The molecule has 5 nitrogen and oxygen atoms in total. The molecule has 6 heteroatoms. The molecule has 0 atom stereocenters. The molecule has 0 aliphatic carbocycles. The van der Waals surface area contributed by atoms with Crippen molar-refractivity contribution in [1.29, 1.82) is 0 Å². The maximum absolute atomic E-state index is 12.1. The van der Waals surface area contributed by atoms with E-state index in [0.717, 1.165) is 11.1 Å². The standard InChI is InChI=1S/C14H12N2O3S/c1-8-6-12(20-16-8)15-14(17)11-7-9-4-3-5-10(18-2)13(9)19-11/h3-7H,1-2H3,(H,15,17). The molecule has 2 heterocycles. The number of fused-ring (bicyclic) bond motifs is 1. The van der Waals surface area contributed by atoms with Gasteiger partial charge in [-0.15, -0.1) is 0 Å². The van der Waals surface area contributed by atoms with Gasteiger partial charge >= 0.3 is 0 Å². The number of hydrogen-bond donors (Lipinski definition) is 1. The maximum Gasteiger partial charge on any atom is 0.292 e. The lowest BCUT2D eigenvalue weighted by molar-refractivity contribution is 0.0999. The summed E-state index contributed by atoms with van der Waals surface area (Å²) in [6.07, 6.45) is 0. The number of ether oxygens (including phenoxy) is 1. The first-order chi connectivity index (χ1) is 9.67. The summed E-state index contributed by atoms with van der Waals surface area (Å²) in [6.45, 7) is 1.87. The van der Waals surface area contributed by atoms with Crippen molar-refractivity contribution >= 4 is 33.4 Å². The fourth-order valence-electron chi connectivity index (χ4n) is 1.90. The van der Waals surface area contributed by atoms with Crippen LogP contribution in [0.4, 0.5) is 5.00 Å². The van der Waals surface area contributed by atoms with Gasteiger partial charge in [-0.25, -0.2) is 0 Å². The Labute approximate surface area is 119 Å². The summed E-state index contributed by atoms with van der Waals surface area (Å²) >= 11 is 1.24. The highest BCUT2D eigenvalue weighted by molar-refractivity contribution is 7.10. The average molecular weight is 288 g/mol. The number of para-hydroxylation sites is 1. The monoisotopic (exact) mass is 288 g/mol. The summed E-state index contributed by atoms with van der Waals surface area (Å²) in [5.41, 5.74) is 1.44. The smallest absolute Gasteiger partial charge is 0.292 e. The third-order valence-electron chi connectivity index (χ3n) is 2.82. The second-order valence-electron chi connectivity index (χ2n) is 4.28. The first-order valence-electron chi connectivity index (χ1n) is 5.98. The summed E-state index contributed by atoms with van der Waals surface area (Å²) in [6, 6.07) is 9.02. The van der Waals surface area contributed by atoms with E-state index < -0.39 is 0 Å². The van der Waals surface area contributed by atoms with E-state index in [1.165, 1.54) is 11.5 Å². The van der Waals surface area contributed by atoms with Gasteiger partial charge in [-0.2, -0.15) is 4.37 Å². The molecule has 0 radical (unpaired) electrons. The number of anilines is 1. The van der Waals surface area contributed by atoms with E-state index >= 15 is 0 Å². The Bertz CT molecular complexity index is 776. The number of nitrogens with one attached hydrogen (secondary N) is 1. The highest BCUT2D eigenvalue weighted by Gasteiger charge is 2.15. The van der Waals surface area contributed by atoms with Crippen LogP contribution in [0.1, 0.15) is 16.2 Å². The molecule has 2 aromatic heterocycles. The quantitative estimate of drug-likeness (QED) is 0.801. The Kier molecular flexibility index (Phi) is 3.15. The molecule has 1 N–H and O–H groups in total. The minimum atomic E-state index is -0.299. The third-order valence-corrected chi connectivity index (χ3v) is 3.61. The number of furan rings is 1. The molecule has 0 saturated heterocycles. The highest BCUT2D eigenvalue weighted by Crippen LogP contribution is 2.29. The van der Waals surface area contributed by atoms with E-state index in [-0.39, 0.29) is 11.7 Å². The zero-order valence-corrected chi connectivity index (χ0v) is 11.8. The second-order valence-corrected chi connectivity index (χ2v) is 5.08. The molecule has 0 bridgehead atoms. The van der Waals surface area contributed by atoms with Crippen LogP contribution >= 0.6 is 11.5 Å². The summed E-state index contributed by atoms with van der Waals surface area (Å²) < 4.78 is 14.9. The van der Waals surface area contributed by atoms with Crippen LogP contribution in [-0.2, 0) is 0 Å². The van der Waals surface area contributed by atoms with Crippen LogP contribution in [-0.4, -0.2) is 17.4 Å². The number of methoxy groups -OCH3 is 1. The molecule has 0 fully saturated rings. The second kappa shape index (κ2) is 4.97. The van der Waals surface area contributed by atoms with E-state index in [0.29, 0.717) is 16.3 Å². The molecule has 3 rings (SSSR count). The van der Waals surface area contributed by atoms with Gasteiger partial charge in [0, 0.05) is 5.39 Å². The molecular weight excluding hydrogens is 276 g/mol. The number of rotatable bonds is 3. The predicted octanol–water partition coefficient (Wildman–Crippen LogP) is 3.46. The minimum absolute atomic E-state index is 0.246. The Morgan fingerprint density at radius 1 is 1.40 bits per heavy atom. The van der Waals surface area contributed by atoms with Crippen LogP contribution in [0, 0.1) is 6.92 Å². The predicted molar refractivity (Wildman–Crippen MR) is 77.6 cm³/mol. The van der Waals surface area contributed by atoms with Gasteiger partial charge in [-0.3, -0.25) is 4.79 Å². The van der Waals surface area contributed by atoms with Crippen LogP contribution < -0.4 is 10.1 Å². The van der Waals surface area contributed by atoms with Gasteiger partial charge in [-0.05, 0) is 36.7 Å². The summed E-state index contributed by atoms with van der Waals surface area (Å²) in [7, 11) is 1.57. The number of amides is 1. The van der Waals surface area contributed by atoms with Crippen molar-refractivity contribution in [2.75, 3.05) is 12.4 Å². The fourth-order valence-corrected chi connectivity index (χ4v) is 2.56. The lowest BCUT2D eigenvalue weighted by Gasteiger charge is -1.99. The van der Waals surface area contributed by atoms with Gasteiger partial charge in [0.2, 0.25) is 0 Å². The van der Waals surface area contributed by atoms with Crippen molar-refractivity contribution in [3.8, 4) is 5.75 Å². The normalized spacial score (nSPS) is 10.7.